The van der Waals surface area contributed by atoms with E-state index in [4.69, 9.17) is 5.14 Å². The maximum atomic E-state index is 12.3. The number of nitrogens with two attached hydrogens (primary N) is 1. The van der Waals surface area contributed by atoms with Crippen LogP contribution < -0.4 is 5.14 Å². The summed E-state index contributed by atoms with van der Waals surface area (Å²) in [6, 6.07) is 0. The number of thiazole rings is 1. The average Bonchev–Trinajstić information content (AvgIpc) is 2.98. The molecule has 0 aromatic carbocycles. The molecule has 9 heteroatoms. The average molecular weight is 314 g/mol. The molecule has 1 aliphatic rings. The van der Waals surface area contributed by atoms with Gasteiger partial charge in [-0.2, -0.15) is 0 Å². The molecule has 0 spiro atoms. The van der Waals surface area contributed by atoms with E-state index in [2.05, 4.69) is 4.98 Å². The number of fused-ring (bicyclic) bond motifs is 1. The molecule has 2 aromatic heterocycles. The van der Waals surface area contributed by atoms with Crippen LogP contribution in [0.2, 0.25) is 0 Å². The summed E-state index contributed by atoms with van der Waals surface area (Å²) in [5.41, 5.74) is 0.396. The molecule has 1 saturated heterocycles. The van der Waals surface area contributed by atoms with Crippen LogP contribution in [0.3, 0.4) is 0 Å². The van der Waals surface area contributed by atoms with Crippen molar-refractivity contribution in [3.63, 3.8) is 0 Å². The summed E-state index contributed by atoms with van der Waals surface area (Å²) in [7, 11) is -3.49. The number of carbonyl (C=O) groups is 1. The molecule has 3 rings (SSSR count). The fraction of sp³-hybridized carbons (Fsp3) is 0.455. The van der Waals surface area contributed by atoms with Crippen LogP contribution in [0, 0.1) is 5.92 Å². The van der Waals surface area contributed by atoms with Crippen LogP contribution in [0.15, 0.2) is 17.8 Å². The summed E-state index contributed by atoms with van der Waals surface area (Å²) in [5.74, 6) is -0.315. The van der Waals surface area contributed by atoms with Crippen molar-refractivity contribution in [3.8, 4) is 0 Å². The molecule has 0 aliphatic carbocycles. The molecule has 7 nitrogen and oxygen atoms in total. The second kappa shape index (κ2) is 4.83. The van der Waals surface area contributed by atoms with Gasteiger partial charge in [-0.15, -0.1) is 11.3 Å². The van der Waals surface area contributed by atoms with Crippen molar-refractivity contribution in [2.45, 2.75) is 6.42 Å². The van der Waals surface area contributed by atoms with E-state index >= 15 is 0 Å². The molecule has 3 heterocycles. The van der Waals surface area contributed by atoms with Gasteiger partial charge >= 0.3 is 0 Å². The first kappa shape index (κ1) is 13.5. The number of hydrogen-bond donors (Lipinski definition) is 1. The second-order valence-corrected chi connectivity index (χ2v) is 7.49. The Kier molecular flexibility index (Phi) is 3.27. The molecule has 108 valence electrons. The highest BCUT2D eigenvalue weighted by Crippen LogP contribution is 2.20. The van der Waals surface area contributed by atoms with Crippen LogP contribution in [0.4, 0.5) is 0 Å². The van der Waals surface area contributed by atoms with Gasteiger partial charge in [0.25, 0.3) is 5.91 Å². The van der Waals surface area contributed by atoms with Crippen molar-refractivity contribution in [2.75, 3.05) is 18.8 Å². The second-order valence-electron chi connectivity index (χ2n) is 4.95. The highest BCUT2D eigenvalue weighted by atomic mass is 32.2. The van der Waals surface area contributed by atoms with Gasteiger partial charge in [-0.25, -0.2) is 18.5 Å². The van der Waals surface area contributed by atoms with Crippen LogP contribution in [-0.2, 0) is 10.0 Å². The minimum Gasteiger partial charge on any atom is -0.337 e. The van der Waals surface area contributed by atoms with Crippen LogP contribution in [0.25, 0.3) is 4.96 Å². The van der Waals surface area contributed by atoms with Gasteiger partial charge in [-0.3, -0.25) is 9.20 Å². The van der Waals surface area contributed by atoms with E-state index in [1.165, 1.54) is 11.3 Å². The van der Waals surface area contributed by atoms with Crippen LogP contribution >= 0.6 is 11.3 Å². The molecule has 0 radical (unpaired) electrons. The highest BCUT2D eigenvalue weighted by molar-refractivity contribution is 7.89. The molecule has 20 heavy (non-hydrogen) atoms. The van der Waals surface area contributed by atoms with Crippen molar-refractivity contribution in [1.82, 2.24) is 14.3 Å². The monoisotopic (exact) mass is 314 g/mol. The Hall–Kier alpha value is -1.45. The van der Waals surface area contributed by atoms with Gasteiger partial charge in [0.2, 0.25) is 10.0 Å². The Morgan fingerprint density at radius 2 is 2.35 bits per heavy atom. The van der Waals surface area contributed by atoms with Gasteiger partial charge in [-0.05, 0) is 12.3 Å². The Balaban J connectivity index is 1.71. The molecule has 1 amide bonds. The van der Waals surface area contributed by atoms with Crippen molar-refractivity contribution >= 4 is 32.2 Å². The summed E-state index contributed by atoms with van der Waals surface area (Å²) in [4.78, 5) is 19.0. The maximum absolute atomic E-state index is 12.3. The number of amides is 1. The number of imidazole rings is 1. The SMILES string of the molecule is NS(=O)(=O)C[C@H]1CCN(C(=O)c2cn3ccsc3n2)C1. The van der Waals surface area contributed by atoms with Crippen LogP contribution in [-0.4, -0.2) is 47.5 Å². The normalized spacial score (nSPS) is 19.9. The van der Waals surface area contributed by atoms with E-state index in [1.807, 2.05) is 11.6 Å². The summed E-state index contributed by atoms with van der Waals surface area (Å²) >= 11 is 1.46. The van der Waals surface area contributed by atoms with Crippen LogP contribution in [0.5, 0.6) is 0 Å². The zero-order valence-electron chi connectivity index (χ0n) is 10.6. The Bertz CT molecular complexity index is 720. The molecular formula is C11H14N4O3S2. The molecule has 0 saturated carbocycles. The maximum Gasteiger partial charge on any atom is 0.274 e. The summed E-state index contributed by atoms with van der Waals surface area (Å²) in [5, 5.41) is 6.94. The molecule has 1 aliphatic heterocycles. The predicted octanol–water partition coefficient (Wildman–Crippen LogP) is 0.146. The minimum atomic E-state index is -3.49. The molecule has 0 bridgehead atoms. The van der Waals surface area contributed by atoms with Crippen molar-refractivity contribution in [1.29, 1.82) is 0 Å². The standard InChI is InChI=1S/C11H14N4O3S2/c12-20(17,18)7-8-1-2-14(5-8)10(16)9-6-15-3-4-19-11(15)13-9/h3-4,6,8H,1-2,5,7H2,(H2,12,17,18)/t8-/m0/s1. The van der Waals surface area contributed by atoms with E-state index < -0.39 is 10.0 Å². The number of primary sulfonamides is 1. The number of likely N-dealkylation sites (tertiary alicyclic amines) is 1. The van der Waals surface area contributed by atoms with Gasteiger partial charge < -0.3 is 4.90 Å². The number of rotatable bonds is 3. The molecule has 1 fully saturated rings. The summed E-state index contributed by atoms with van der Waals surface area (Å²) in [6.07, 6.45) is 4.20. The van der Waals surface area contributed by atoms with Gasteiger partial charge in [0.1, 0.15) is 5.69 Å². The van der Waals surface area contributed by atoms with Crippen molar-refractivity contribution in [2.24, 2.45) is 11.1 Å². The van der Waals surface area contributed by atoms with Crippen molar-refractivity contribution < 1.29 is 13.2 Å². The number of carbonyl (C=O) groups excluding carboxylic acids is 1. The first-order valence-corrected chi connectivity index (χ1v) is 8.74. The lowest BCUT2D eigenvalue weighted by Gasteiger charge is -2.14. The highest BCUT2D eigenvalue weighted by Gasteiger charge is 2.30. The summed E-state index contributed by atoms with van der Waals surface area (Å²) < 4.78 is 24.0. The quantitative estimate of drug-likeness (QED) is 0.871. The Morgan fingerprint density at radius 3 is 3.05 bits per heavy atom. The van der Waals surface area contributed by atoms with Gasteiger partial charge in [0, 0.05) is 30.9 Å². The molecular weight excluding hydrogens is 300 g/mol. The smallest absolute Gasteiger partial charge is 0.274 e. The first-order valence-electron chi connectivity index (χ1n) is 6.14. The lowest BCUT2D eigenvalue weighted by molar-refractivity contribution is 0.0783. The third-order valence-electron chi connectivity index (χ3n) is 3.35. The third-order valence-corrected chi connectivity index (χ3v) is 5.06. The van der Waals surface area contributed by atoms with Gasteiger partial charge in [0.05, 0.1) is 5.75 Å². The van der Waals surface area contributed by atoms with E-state index in [9.17, 15) is 13.2 Å². The number of hydrogen-bond acceptors (Lipinski definition) is 5. The largest absolute Gasteiger partial charge is 0.337 e. The van der Waals surface area contributed by atoms with E-state index in [1.54, 1.807) is 15.5 Å². The number of nitrogens with zero attached hydrogens (tertiary/aromatic N) is 3. The Morgan fingerprint density at radius 1 is 1.55 bits per heavy atom. The lowest BCUT2D eigenvalue weighted by Crippen LogP contribution is -2.31. The lowest BCUT2D eigenvalue weighted by atomic mass is 10.2. The number of aromatic nitrogens is 2. The van der Waals surface area contributed by atoms with E-state index in [-0.39, 0.29) is 17.6 Å². The third kappa shape index (κ3) is 2.69. The topological polar surface area (TPSA) is 97.8 Å². The fourth-order valence-corrected chi connectivity index (χ4v) is 4.10. The van der Waals surface area contributed by atoms with Gasteiger partial charge in [0.15, 0.2) is 4.96 Å². The molecule has 2 N–H and O–H groups in total. The molecule has 2 aromatic rings. The van der Waals surface area contributed by atoms with Crippen LogP contribution in [0.1, 0.15) is 16.9 Å². The molecule has 1 atom stereocenters. The predicted molar refractivity (Wildman–Crippen MR) is 75.1 cm³/mol. The summed E-state index contributed by atoms with van der Waals surface area (Å²) in [6.45, 7) is 0.963. The molecule has 0 unspecified atom stereocenters. The number of sulfonamides is 1. The zero-order chi connectivity index (χ0) is 14.3. The minimum absolute atomic E-state index is 0.0743. The zero-order valence-corrected chi connectivity index (χ0v) is 12.2. The fourth-order valence-electron chi connectivity index (χ4n) is 2.47. The Labute approximate surface area is 120 Å². The van der Waals surface area contributed by atoms with E-state index in [0.717, 1.165) is 4.96 Å². The van der Waals surface area contributed by atoms with Gasteiger partial charge in [-0.1, -0.05) is 0 Å². The van der Waals surface area contributed by atoms with Crippen molar-refractivity contribution in [3.05, 3.63) is 23.5 Å². The first-order chi connectivity index (χ1) is 9.42. The van der Waals surface area contributed by atoms with E-state index in [0.29, 0.717) is 25.2 Å².